The summed E-state index contributed by atoms with van der Waals surface area (Å²) in [6.45, 7) is 7.25. The van der Waals surface area contributed by atoms with Gasteiger partial charge >= 0.3 is 0 Å². The molecule has 4 N–H and O–H groups in total. The first-order chi connectivity index (χ1) is 10.9. The maximum absolute atomic E-state index is 11.0. The summed E-state index contributed by atoms with van der Waals surface area (Å²) >= 11 is 0. The van der Waals surface area contributed by atoms with E-state index in [4.69, 9.17) is 9.88 Å². The highest BCUT2D eigenvalue weighted by Crippen LogP contribution is 2.41. The largest absolute Gasteiger partial charge is 0.382 e. The topological polar surface area (TPSA) is 106 Å². The van der Waals surface area contributed by atoms with Crippen LogP contribution in [0.1, 0.15) is 46.0 Å². The van der Waals surface area contributed by atoms with Crippen LogP contribution in [0.25, 0.3) is 0 Å². The number of guanidine groups is 1. The molecule has 0 saturated heterocycles. The molecule has 0 aromatic rings. The van der Waals surface area contributed by atoms with Gasteiger partial charge in [0.05, 0.1) is 5.75 Å². The van der Waals surface area contributed by atoms with Gasteiger partial charge in [0.15, 0.2) is 5.96 Å². The summed E-state index contributed by atoms with van der Waals surface area (Å²) in [5, 5.41) is 11.2. The Hall–Kier alpha value is -0.860. The van der Waals surface area contributed by atoms with Crippen LogP contribution in [0, 0.1) is 5.41 Å². The van der Waals surface area contributed by atoms with Gasteiger partial charge in [-0.2, -0.15) is 0 Å². The van der Waals surface area contributed by atoms with E-state index in [0.29, 0.717) is 5.96 Å². The van der Waals surface area contributed by atoms with Crippen LogP contribution in [0.4, 0.5) is 0 Å². The second-order valence-electron chi connectivity index (χ2n) is 6.14. The molecule has 1 fully saturated rings. The van der Waals surface area contributed by atoms with Crippen molar-refractivity contribution in [2.45, 2.75) is 46.0 Å². The van der Waals surface area contributed by atoms with Crippen LogP contribution in [0.2, 0.25) is 0 Å². The van der Waals surface area contributed by atoms with Crippen LogP contribution in [-0.2, 0) is 14.8 Å². The fourth-order valence-electron chi connectivity index (χ4n) is 2.95. The Balaban J connectivity index is 2.57. The molecule has 1 aliphatic carbocycles. The summed E-state index contributed by atoms with van der Waals surface area (Å²) < 4.78 is 27.5. The van der Waals surface area contributed by atoms with Gasteiger partial charge in [0, 0.05) is 32.8 Å². The van der Waals surface area contributed by atoms with E-state index in [1.54, 1.807) is 0 Å². The second-order valence-corrected chi connectivity index (χ2v) is 7.88. The highest BCUT2D eigenvalue weighted by molar-refractivity contribution is 7.89. The smallest absolute Gasteiger partial charge is 0.210 e. The summed E-state index contributed by atoms with van der Waals surface area (Å²) in [6, 6.07) is 0. The fourth-order valence-corrected chi connectivity index (χ4v) is 3.33. The number of rotatable bonds is 10. The van der Waals surface area contributed by atoms with Gasteiger partial charge in [-0.05, 0) is 38.5 Å². The van der Waals surface area contributed by atoms with Crippen molar-refractivity contribution < 1.29 is 13.2 Å². The maximum atomic E-state index is 11.0. The summed E-state index contributed by atoms with van der Waals surface area (Å²) in [5.41, 5.74) is 0.220. The first-order valence-corrected chi connectivity index (χ1v) is 10.2. The molecule has 1 aliphatic rings. The van der Waals surface area contributed by atoms with Gasteiger partial charge in [-0.15, -0.1) is 0 Å². The lowest BCUT2D eigenvalue weighted by atomic mass is 9.83. The van der Waals surface area contributed by atoms with Crippen molar-refractivity contribution in [2.24, 2.45) is 15.5 Å². The molecule has 0 spiro atoms. The molecule has 0 unspecified atom stereocenters. The van der Waals surface area contributed by atoms with E-state index < -0.39 is 10.0 Å². The van der Waals surface area contributed by atoms with Crippen molar-refractivity contribution in [3.63, 3.8) is 0 Å². The maximum Gasteiger partial charge on any atom is 0.210 e. The van der Waals surface area contributed by atoms with Crippen LogP contribution in [0.15, 0.2) is 4.99 Å². The number of primary sulfonamides is 1. The Morgan fingerprint density at radius 3 is 2.52 bits per heavy atom. The van der Waals surface area contributed by atoms with Gasteiger partial charge in [0.1, 0.15) is 0 Å². The number of nitrogens with one attached hydrogen (secondary N) is 2. The van der Waals surface area contributed by atoms with E-state index in [1.165, 1.54) is 25.7 Å². The Labute approximate surface area is 140 Å². The third-order valence-corrected chi connectivity index (χ3v) is 5.01. The van der Waals surface area contributed by atoms with Gasteiger partial charge in [0.2, 0.25) is 10.0 Å². The Bertz CT molecular complexity index is 459. The first-order valence-electron chi connectivity index (χ1n) is 8.51. The lowest BCUT2D eigenvalue weighted by molar-refractivity contribution is 0.107. The van der Waals surface area contributed by atoms with Crippen LogP contribution in [-0.4, -0.2) is 53.0 Å². The second kappa shape index (κ2) is 10.1. The normalized spacial score (nSPS) is 18.1. The Morgan fingerprint density at radius 2 is 1.96 bits per heavy atom. The highest BCUT2D eigenvalue weighted by Gasteiger charge is 2.33. The van der Waals surface area contributed by atoms with Crippen LogP contribution in [0.5, 0.6) is 0 Å². The molecule has 8 heteroatoms. The molecule has 1 rings (SSSR count). The summed E-state index contributed by atoms with van der Waals surface area (Å²) in [7, 11) is -3.45. The number of nitrogens with two attached hydrogens (primary N) is 1. The third-order valence-electron chi connectivity index (χ3n) is 4.24. The predicted octanol–water partition coefficient (Wildman–Crippen LogP) is 0.817. The van der Waals surface area contributed by atoms with Crippen molar-refractivity contribution in [2.75, 3.05) is 38.6 Å². The number of aliphatic imine (C=N–C) groups is 1. The van der Waals surface area contributed by atoms with Crippen molar-refractivity contribution in [3.05, 3.63) is 0 Å². The van der Waals surface area contributed by atoms with Crippen LogP contribution < -0.4 is 15.8 Å². The first kappa shape index (κ1) is 20.2. The molecule has 0 heterocycles. The van der Waals surface area contributed by atoms with E-state index in [1.807, 2.05) is 13.8 Å². The molecule has 136 valence electrons. The van der Waals surface area contributed by atoms with E-state index in [2.05, 4.69) is 15.6 Å². The zero-order chi connectivity index (χ0) is 17.2. The highest BCUT2D eigenvalue weighted by atomic mass is 32.2. The van der Waals surface area contributed by atoms with Crippen LogP contribution >= 0.6 is 0 Å². The van der Waals surface area contributed by atoms with E-state index in [-0.39, 0.29) is 17.7 Å². The average Bonchev–Trinajstić information content (AvgIpc) is 2.93. The number of nitrogens with zero attached hydrogens (tertiary/aromatic N) is 1. The van der Waals surface area contributed by atoms with Gasteiger partial charge in [-0.1, -0.05) is 12.8 Å². The SMILES string of the molecule is CCNC(=NCC1(CCOCC)CCCC1)NCCS(N)(=O)=O. The standard InChI is InChI=1S/C15H32N4O3S/c1-3-17-14(18-10-12-23(16,20)21)19-13-15(7-5-6-8-15)9-11-22-4-2/h3-13H2,1-2H3,(H2,16,20,21)(H2,17,18,19). The molecular weight excluding hydrogens is 316 g/mol. The lowest BCUT2D eigenvalue weighted by Crippen LogP contribution is -2.41. The zero-order valence-electron chi connectivity index (χ0n) is 14.4. The molecule has 0 aromatic heterocycles. The van der Waals surface area contributed by atoms with Crippen molar-refractivity contribution in [1.29, 1.82) is 0 Å². The molecule has 0 amide bonds. The summed E-state index contributed by atoms with van der Waals surface area (Å²) in [5.74, 6) is 0.547. The van der Waals surface area contributed by atoms with Gasteiger partial charge in [-0.25, -0.2) is 13.6 Å². The van der Waals surface area contributed by atoms with E-state index >= 15 is 0 Å². The zero-order valence-corrected chi connectivity index (χ0v) is 15.3. The fraction of sp³-hybridized carbons (Fsp3) is 0.933. The minimum atomic E-state index is -3.45. The number of ether oxygens (including phenoxy) is 1. The Morgan fingerprint density at radius 1 is 1.26 bits per heavy atom. The molecule has 1 saturated carbocycles. The summed E-state index contributed by atoms with van der Waals surface area (Å²) in [6.07, 6.45) is 5.88. The molecular formula is C15H32N4O3S. The minimum Gasteiger partial charge on any atom is -0.382 e. The number of hydrogen-bond donors (Lipinski definition) is 3. The number of hydrogen-bond acceptors (Lipinski definition) is 4. The van der Waals surface area contributed by atoms with E-state index in [9.17, 15) is 8.42 Å². The van der Waals surface area contributed by atoms with Crippen molar-refractivity contribution in [3.8, 4) is 0 Å². The van der Waals surface area contributed by atoms with Gasteiger partial charge < -0.3 is 15.4 Å². The van der Waals surface area contributed by atoms with Gasteiger partial charge in [-0.3, -0.25) is 4.99 Å². The number of sulfonamides is 1. The van der Waals surface area contributed by atoms with Crippen molar-refractivity contribution in [1.82, 2.24) is 10.6 Å². The third kappa shape index (κ3) is 8.53. The predicted molar refractivity (Wildman–Crippen MR) is 94.0 cm³/mol. The molecule has 0 radical (unpaired) electrons. The monoisotopic (exact) mass is 348 g/mol. The van der Waals surface area contributed by atoms with Crippen molar-refractivity contribution >= 4 is 16.0 Å². The van der Waals surface area contributed by atoms with Gasteiger partial charge in [0.25, 0.3) is 0 Å². The molecule has 7 nitrogen and oxygen atoms in total. The quantitative estimate of drug-likeness (QED) is 0.308. The molecule has 0 atom stereocenters. The Kier molecular flexibility index (Phi) is 8.86. The van der Waals surface area contributed by atoms with E-state index in [0.717, 1.165) is 32.7 Å². The molecule has 0 aliphatic heterocycles. The minimum absolute atomic E-state index is 0.104. The molecule has 0 aromatic carbocycles. The summed E-state index contributed by atoms with van der Waals surface area (Å²) in [4.78, 5) is 4.67. The van der Waals surface area contributed by atoms with Crippen LogP contribution in [0.3, 0.4) is 0 Å². The molecule has 23 heavy (non-hydrogen) atoms. The lowest BCUT2D eigenvalue weighted by Gasteiger charge is -2.27. The molecule has 0 bridgehead atoms. The average molecular weight is 349 g/mol.